The first-order valence-corrected chi connectivity index (χ1v) is 7.68. The van der Waals surface area contributed by atoms with Gasteiger partial charge in [-0.2, -0.15) is 0 Å². The molecule has 0 saturated heterocycles. The summed E-state index contributed by atoms with van der Waals surface area (Å²) >= 11 is 3.41. The van der Waals surface area contributed by atoms with Gasteiger partial charge in [-0.1, -0.05) is 13.8 Å². The normalized spacial score (nSPS) is 11.8. The number of hydrogen-bond donors (Lipinski definition) is 4. The van der Waals surface area contributed by atoms with Gasteiger partial charge in [0.05, 0.1) is 22.1 Å². The number of imidazole rings is 1. The molecule has 0 unspecified atom stereocenters. The van der Waals surface area contributed by atoms with E-state index in [4.69, 9.17) is 5.73 Å². The van der Waals surface area contributed by atoms with Crippen LogP contribution in [0, 0.1) is 5.41 Å². The number of nitrogens with one attached hydrogen (secondary N) is 3. The Labute approximate surface area is 130 Å². The molecule has 7 heteroatoms. The Hall–Kier alpha value is -1.60. The lowest BCUT2D eigenvalue weighted by molar-refractivity contribution is -0.125. The van der Waals surface area contributed by atoms with Gasteiger partial charge in [-0.15, -0.1) is 0 Å². The van der Waals surface area contributed by atoms with Crippen LogP contribution >= 0.6 is 15.9 Å². The Bertz CT molecular complexity index is 707. The average molecular weight is 355 g/mol. The van der Waals surface area contributed by atoms with E-state index in [1.807, 2.05) is 13.8 Å². The molecule has 21 heavy (non-hydrogen) atoms. The molecule has 114 valence electrons. The lowest BCUT2D eigenvalue weighted by Crippen LogP contribution is -2.41. The predicted molar refractivity (Wildman–Crippen MR) is 87.3 cm³/mol. The number of nitrogens with two attached hydrogens (primary N) is 1. The molecule has 0 aliphatic heterocycles. The largest absolute Gasteiger partial charge is 0.329 e. The van der Waals surface area contributed by atoms with Crippen molar-refractivity contribution >= 4 is 38.6 Å². The van der Waals surface area contributed by atoms with Crippen molar-refractivity contribution in [2.75, 3.05) is 11.9 Å². The third kappa shape index (κ3) is 2.89. The highest BCUT2D eigenvalue weighted by Gasteiger charge is 2.33. The van der Waals surface area contributed by atoms with Crippen molar-refractivity contribution in [1.29, 1.82) is 0 Å². The van der Waals surface area contributed by atoms with Gasteiger partial charge in [0.1, 0.15) is 0 Å². The summed E-state index contributed by atoms with van der Waals surface area (Å²) in [6.07, 6.45) is 1.35. The zero-order chi connectivity index (χ0) is 15.6. The Kier molecular flexibility index (Phi) is 4.53. The van der Waals surface area contributed by atoms with Gasteiger partial charge in [0.2, 0.25) is 5.91 Å². The van der Waals surface area contributed by atoms with Gasteiger partial charge in [-0.25, -0.2) is 4.79 Å². The second-order valence-electron chi connectivity index (χ2n) is 5.10. The number of anilines is 1. The fourth-order valence-corrected chi connectivity index (χ4v) is 2.80. The molecule has 2 aromatic rings. The monoisotopic (exact) mass is 354 g/mol. The number of halogens is 1. The number of hydrogen-bond acceptors (Lipinski definition) is 3. The fourth-order valence-electron chi connectivity index (χ4n) is 2.36. The van der Waals surface area contributed by atoms with E-state index in [2.05, 4.69) is 31.2 Å². The zero-order valence-electron chi connectivity index (χ0n) is 12.0. The minimum Gasteiger partial charge on any atom is -0.329 e. The molecule has 0 fully saturated rings. The topological polar surface area (TPSA) is 104 Å². The highest BCUT2D eigenvalue weighted by atomic mass is 79.9. The van der Waals surface area contributed by atoms with Crippen LogP contribution < -0.4 is 16.7 Å². The van der Waals surface area contributed by atoms with Crippen LogP contribution in [0.2, 0.25) is 0 Å². The van der Waals surface area contributed by atoms with Crippen molar-refractivity contribution in [3.63, 3.8) is 0 Å². The van der Waals surface area contributed by atoms with E-state index < -0.39 is 5.41 Å². The summed E-state index contributed by atoms with van der Waals surface area (Å²) in [4.78, 5) is 29.2. The maximum Gasteiger partial charge on any atom is 0.323 e. The molecule has 1 aromatic carbocycles. The van der Waals surface area contributed by atoms with Crippen molar-refractivity contribution in [3.8, 4) is 0 Å². The van der Waals surface area contributed by atoms with E-state index in [9.17, 15) is 9.59 Å². The summed E-state index contributed by atoms with van der Waals surface area (Å²) in [7, 11) is 0. The van der Waals surface area contributed by atoms with Gasteiger partial charge in [-0.05, 0) is 40.9 Å². The van der Waals surface area contributed by atoms with Crippen molar-refractivity contribution < 1.29 is 4.79 Å². The second-order valence-corrected chi connectivity index (χ2v) is 5.96. The Morgan fingerprint density at radius 3 is 2.38 bits per heavy atom. The van der Waals surface area contributed by atoms with Crippen molar-refractivity contribution in [2.24, 2.45) is 11.1 Å². The number of aromatic amines is 2. The predicted octanol–water partition coefficient (Wildman–Crippen LogP) is 2.32. The summed E-state index contributed by atoms with van der Waals surface area (Å²) in [5.74, 6) is -0.104. The first kappa shape index (κ1) is 15.8. The van der Waals surface area contributed by atoms with Gasteiger partial charge < -0.3 is 21.0 Å². The van der Waals surface area contributed by atoms with Gasteiger partial charge in [0.25, 0.3) is 0 Å². The molecule has 0 aliphatic rings. The minimum atomic E-state index is -0.569. The maximum atomic E-state index is 12.5. The maximum absolute atomic E-state index is 12.5. The smallest absolute Gasteiger partial charge is 0.323 e. The van der Waals surface area contributed by atoms with Crippen LogP contribution in [-0.4, -0.2) is 22.4 Å². The number of carbonyl (C=O) groups excluding carboxylic acids is 1. The Morgan fingerprint density at radius 2 is 1.86 bits per heavy atom. The molecular formula is C14H19BrN4O2. The molecule has 5 N–H and O–H groups in total. The highest BCUT2D eigenvalue weighted by molar-refractivity contribution is 9.10. The molecule has 6 nitrogen and oxygen atoms in total. The molecule has 1 aromatic heterocycles. The molecule has 0 atom stereocenters. The zero-order valence-corrected chi connectivity index (χ0v) is 13.6. The van der Waals surface area contributed by atoms with Crippen LogP contribution in [0.4, 0.5) is 5.69 Å². The molecular weight excluding hydrogens is 336 g/mol. The Balaban J connectivity index is 2.36. The van der Waals surface area contributed by atoms with Crippen LogP contribution in [0.3, 0.4) is 0 Å². The third-order valence-electron chi connectivity index (χ3n) is 4.08. The molecule has 0 saturated carbocycles. The van der Waals surface area contributed by atoms with E-state index in [-0.39, 0.29) is 11.6 Å². The van der Waals surface area contributed by atoms with E-state index in [1.165, 1.54) is 0 Å². The number of rotatable bonds is 5. The first-order valence-electron chi connectivity index (χ1n) is 6.89. The van der Waals surface area contributed by atoms with Crippen LogP contribution in [-0.2, 0) is 4.79 Å². The molecule has 0 spiro atoms. The van der Waals surface area contributed by atoms with E-state index in [0.717, 1.165) is 0 Å². The van der Waals surface area contributed by atoms with Gasteiger partial charge >= 0.3 is 5.69 Å². The number of amides is 1. The molecule has 1 amide bonds. The summed E-state index contributed by atoms with van der Waals surface area (Å²) in [6, 6.07) is 3.48. The summed E-state index contributed by atoms with van der Waals surface area (Å²) in [5, 5.41) is 2.90. The standard InChI is InChI=1S/C14H19BrN4O2/c1-3-14(4-2,7-16)12(20)17-9-6-11-10(5-8(9)15)18-13(21)19-11/h5-6H,3-4,7,16H2,1-2H3,(H,17,20)(H2,18,19,21). The SMILES string of the molecule is CCC(CC)(CN)C(=O)Nc1cc2[nH]c(=O)[nH]c2cc1Br. The highest BCUT2D eigenvalue weighted by Crippen LogP contribution is 2.31. The van der Waals surface area contributed by atoms with Gasteiger partial charge in [-0.3, -0.25) is 4.79 Å². The number of benzene rings is 1. The first-order chi connectivity index (χ1) is 9.95. The van der Waals surface area contributed by atoms with Crippen LogP contribution in [0.15, 0.2) is 21.4 Å². The van der Waals surface area contributed by atoms with E-state index >= 15 is 0 Å². The van der Waals surface area contributed by atoms with Crippen molar-refractivity contribution in [2.45, 2.75) is 26.7 Å². The molecule has 2 rings (SSSR count). The number of H-pyrrole nitrogens is 2. The second kappa shape index (κ2) is 6.03. The molecule has 0 radical (unpaired) electrons. The fraction of sp³-hybridized carbons (Fsp3) is 0.429. The lowest BCUT2D eigenvalue weighted by Gasteiger charge is -2.28. The third-order valence-corrected chi connectivity index (χ3v) is 4.73. The van der Waals surface area contributed by atoms with Crippen LogP contribution in [0.1, 0.15) is 26.7 Å². The van der Waals surface area contributed by atoms with Crippen molar-refractivity contribution in [1.82, 2.24) is 9.97 Å². The minimum absolute atomic E-state index is 0.104. The average Bonchev–Trinajstić information content (AvgIpc) is 2.81. The lowest BCUT2D eigenvalue weighted by atomic mass is 9.81. The Morgan fingerprint density at radius 1 is 1.29 bits per heavy atom. The molecule has 1 heterocycles. The number of aromatic nitrogens is 2. The van der Waals surface area contributed by atoms with Crippen molar-refractivity contribution in [3.05, 3.63) is 27.1 Å². The van der Waals surface area contributed by atoms with Gasteiger partial charge in [0, 0.05) is 11.0 Å². The van der Waals surface area contributed by atoms with E-state index in [1.54, 1.807) is 12.1 Å². The molecule has 0 aliphatic carbocycles. The van der Waals surface area contributed by atoms with Crippen LogP contribution in [0.25, 0.3) is 11.0 Å². The summed E-state index contributed by atoms with van der Waals surface area (Å²) in [5.41, 5.74) is 6.88. The molecule has 0 bridgehead atoms. The summed E-state index contributed by atoms with van der Waals surface area (Å²) < 4.78 is 0.705. The van der Waals surface area contributed by atoms with Gasteiger partial charge in [0.15, 0.2) is 0 Å². The summed E-state index contributed by atoms with van der Waals surface area (Å²) in [6.45, 7) is 4.21. The number of carbonyl (C=O) groups is 1. The quantitative estimate of drug-likeness (QED) is 0.662. The van der Waals surface area contributed by atoms with Crippen LogP contribution in [0.5, 0.6) is 0 Å². The van der Waals surface area contributed by atoms with E-state index in [0.29, 0.717) is 40.6 Å². The number of fused-ring (bicyclic) bond motifs is 1.